The maximum absolute atomic E-state index is 13.0. The molecule has 5 aromatic rings. The first kappa shape index (κ1) is 25.9. The highest BCUT2D eigenvalue weighted by atomic mass is 16.4. The molecule has 10 heteroatoms. The molecule has 0 saturated heterocycles. The monoisotopic (exact) mass is 538 g/mol. The molecule has 1 aromatic carbocycles. The zero-order valence-corrected chi connectivity index (χ0v) is 23.6. The van der Waals surface area contributed by atoms with Crippen molar-refractivity contribution in [3.05, 3.63) is 65.1 Å². The second kappa shape index (κ2) is 10.0. The normalized spacial score (nSPS) is 15.7. The molecule has 0 unspecified atom stereocenters. The van der Waals surface area contributed by atoms with Crippen LogP contribution in [0.1, 0.15) is 86.4 Å². The Morgan fingerprint density at radius 2 is 2.02 bits per heavy atom. The molecule has 206 valence electrons. The van der Waals surface area contributed by atoms with Gasteiger partial charge in [0.15, 0.2) is 11.5 Å². The van der Waals surface area contributed by atoms with Crippen LogP contribution in [0.2, 0.25) is 0 Å². The van der Waals surface area contributed by atoms with Crippen LogP contribution in [-0.2, 0) is 25.3 Å². The van der Waals surface area contributed by atoms with Crippen molar-refractivity contribution in [3.8, 4) is 22.6 Å². The lowest BCUT2D eigenvalue weighted by molar-refractivity contribution is 0.0896. The van der Waals surface area contributed by atoms with E-state index in [1.165, 1.54) is 5.56 Å². The number of hydrogen-bond acceptors (Lipinski definition) is 7. The molecular weight excluding hydrogens is 504 g/mol. The first-order chi connectivity index (χ1) is 19.2. The fraction of sp³-hybridized carbons (Fsp3) is 0.400. The summed E-state index contributed by atoms with van der Waals surface area (Å²) in [4.78, 5) is 25.8. The summed E-state index contributed by atoms with van der Waals surface area (Å²) in [6, 6.07) is 10.4. The SMILES string of the molecule is CCc1cc(-c2nc3nccc(-c4ccc5c(c4)CCCC[C@@H]5NC(=O)c4nnc(C(C)(C)C)o4)c3[nH]2)nn1C. The van der Waals surface area contributed by atoms with E-state index >= 15 is 0 Å². The number of imidazole rings is 1. The number of aryl methyl sites for hydroxylation is 3. The highest BCUT2D eigenvalue weighted by Gasteiger charge is 2.27. The second-order valence-corrected chi connectivity index (χ2v) is 11.5. The van der Waals surface area contributed by atoms with Crippen molar-refractivity contribution in [2.75, 3.05) is 0 Å². The van der Waals surface area contributed by atoms with E-state index in [1.54, 1.807) is 6.20 Å². The van der Waals surface area contributed by atoms with Gasteiger partial charge in [-0.2, -0.15) is 5.10 Å². The Morgan fingerprint density at radius 1 is 1.18 bits per heavy atom. The largest absolute Gasteiger partial charge is 0.416 e. The lowest BCUT2D eigenvalue weighted by Crippen LogP contribution is -2.29. The van der Waals surface area contributed by atoms with E-state index in [0.29, 0.717) is 17.4 Å². The molecule has 1 aliphatic rings. The van der Waals surface area contributed by atoms with Crippen molar-refractivity contribution >= 4 is 17.1 Å². The Bertz CT molecular complexity index is 1700. The zero-order chi connectivity index (χ0) is 28.0. The summed E-state index contributed by atoms with van der Waals surface area (Å²) in [5.74, 6) is 0.813. The lowest BCUT2D eigenvalue weighted by atomic mass is 9.94. The molecule has 0 fully saturated rings. The van der Waals surface area contributed by atoms with Crippen molar-refractivity contribution in [1.82, 2.24) is 40.2 Å². The third kappa shape index (κ3) is 4.78. The van der Waals surface area contributed by atoms with Crippen molar-refractivity contribution in [2.24, 2.45) is 7.05 Å². The number of nitrogens with one attached hydrogen (secondary N) is 2. The van der Waals surface area contributed by atoms with Crippen LogP contribution in [0.4, 0.5) is 0 Å². The number of aromatic nitrogens is 7. The van der Waals surface area contributed by atoms with Gasteiger partial charge in [-0.25, -0.2) is 9.97 Å². The third-order valence-electron chi connectivity index (χ3n) is 7.56. The number of nitrogens with zero attached hydrogens (tertiary/aromatic N) is 6. The first-order valence-electron chi connectivity index (χ1n) is 13.9. The molecule has 1 amide bonds. The van der Waals surface area contributed by atoms with Crippen LogP contribution < -0.4 is 5.32 Å². The van der Waals surface area contributed by atoms with Crippen LogP contribution in [0.3, 0.4) is 0 Å². The van der Waals surface area contributed by atoms with Gasteiger partial charge in [0, 0.05) is 29.9 Å². The average molecular weight is 539 g/mol. The van der Waals surface area contributed by atoms with E-state index in [1.807, 2.05) is 38.6 Å². The Morgan fingerprint density at radius 3 is 2.77 bits per heavy atom. The molecule has 4 aromatic heterocycles. The quantitative estimate of drug-likeness (QED) is 0.284. The Balaban J connectivity index is 1.31. The zero-order valence-electron chi connectivity index (χ0n) is 23.6. The van der Waals surface area contributed by atoms with Crippen LogP contribution in [-0.4, -0.2) is 40.8 Å². The maximum Gasteiger partial charge on any atom is 0.309 e. The van der Waals surface area contributed by atoms with Gasteiger partial charge < -0.3 is 14.7 Å². The predicted molar refractivity (Wildman–Crippen MR) is 152 cm³/mol. The van der Waals surface area contributed by atoms with Crippen LogP contribution in [0.5, 0.6) is 0 Å². The fourth-order valence-electron chi connectivity index (χ4n) is 5.36. The number of carbonyl (C=O) groups excluding carboxylic acids is 1. The van der Waals surface area contributed by atoms with Gasteiger partial charge in [0.25, 0.3) is 0 Å². The predicted octanol–water partition coefficient (Wildman–Crippen LogP) is 5.47. The summed E-state index contributed by atoms with van der Waals surface area (Å²) in [5.41, 5.74) is 7.63. The molecule has 0 bridgehead atoms. The number of H-pyrrole nitrogens is 1. The average Bonchev–Trinajstić information content (AvgIpc) is 3.65. The van der Waals surface area contributed by atoms with Crippen molar-refractivity contribution < 1.29 is 9.21 Å². The topological polar surface area (TPSA) is 127 Å². The Hall–Kier alpha value is -4.34. The number of carbonyl (C=O) groups is 1. The van der Waals surface area contributed by atoms with Gasteiger partial charge in [-0.15, -0.1) is 10.2 Å². The number of pyridine rings is 1. The van der Waals surface area contributed by atoms with E-state index in [9.17, 15) is 4.79 Å². The Kier molecular flexibility index (Phi) is 6.48. The molecule has 0 aliphatic heterocycles. The second-order valence-electron chi connectivity index (χ2n) is 11.5. The summed E-state index contributed by atoms with van der Waals surface area (Å²) < 4.78 is 7.57. The molecule has 4 heterocycles. The lowest BCUT2D eigenvalue weighted by Gasteiger charge is -2.19. The van der Waals surface area contributed by atoms with E-state index in [0.717, 1.165) is 65.7 Å². The van der Waals surface area contributed by atoms with Crippen molar-refractivity contribution in [2.45, 2.75) is 71.3 Å². The Labute approximate surface area is 232 Å². The van der Waals surface area contributed by atoms with Crippen LogP contribution in [0, 0.1) is 0 Å². The van der Waals surface area contributed by atoms with Crippen molar-refractivity contribution in [1.29, 1.82) is 0 Å². The van der Waals surface area contributed by atoms with Crippen LogP contribution in [0.15, 0.2) is 40.9 Å². The summed E-state index contributed by atoms with van der Waals surface area (Å²) >= 11 is 0. The summed E-state index contributed by atoms with van der Waals surface area (Å²) in [5, 5.41) is 15.8. The standard InChI is InChI=1S/C30H34N8O2/c1-6-19-16-23(37-38(19)5)25-33-24-21(13-14-31-26(24)34-25)18-11-12-20-17(15-18)9-7-8-10-22(20)32-27(39)28-35-36-29(40-28)30(2,3)4/h11-16,22H,6-10H2,1-5H3,(H,32,39)(H,31,33,34)/t22-/m0/s1. The molecule has 0 spiro atoms. The fourth-order valence-corrected chi connectivity index (χ4v) is 5.36. The molecule has 1 aliphatic carbocycles. The number of benzene rings is 1. The number of amides is 1. The molecule has 6 rings (SSSR count). The van der Waals surface area contributed by atoms with E-state index < -0.39 is 0 Å². The maximum atomic E-state index is 13.0. The van der Waals surface area contributed by atoms with Gasteiger partial charge >= 0.3 is 11.8 Å². The molecule has 0 saturated carbocycles. The number of hydrogen-bond donors (Lipinski definition) is 2. The van der Waals surface area contributed by atoms with Gasteiger partial charge in [-0.05, 0) is 54.5 Å². The molecule has 40 heavy (non-hydrogen) atoms. The van der Waals surface area contributed by atoms with E-state index in [-0.39, 0.29) is 23.3 Å². The van der Waals surface area contributed by atoms with Crippen molar-refractivity contribution in [3.63, 3.8) is 0 Å². The number of fused-ring (bicyclic) bond motifs is 2. The smallest absolute Gasteiger partial charge is 0.309 e. The number of aromatic amines is 1. The van der Waals surface area contributed by atoms with E-state index in [4.69, 9.17) is 9.40 Å². The van der Waals surface area contributed by atoms with Gasteiger partial charge in [-0.1, -0.05) is 52.3 Å². The molecule has 2 N–H and O–H groups in total. The highest BCUT2D eigenvalue weighted by Crippen LogP contribution is 2.35. The summed E-state index contributed by atoms with van der Waals surface area (Å²) in [7, 11) is 1.95. The molecule has 10 nitrogen and oxygen atoms in total. The highest BCUT2D eigenvalue weighted by molar-refractivity contribution is 5.92. The van der Waals surface area contributed by atoms with Gasteiger partial charge in [0.05, 0.1) is 11.6 Å². The third-order valence-corrected chi connectivity index (χ3v) is 7.56. The van der Waals surface area contributed by atoms with E-state index in [2.05, 4.69) is 61.8 Å². The summed E-state index contributed by atoms with van der Waals surface area (Å²) in [6.07, 6.45) is 6.56. The van der Waals surface area contributed by atoms with Crippen LogP contribution in [0.25, 0.3) is 33.8 Å². The minimum absolute atomic E-state index is 0.000493. The minimum atomic E-state index is -0.341. The molecular formula is C30H34N8O2. The molecule has 1 atom stereocenters. The first-order valence-corrected chi connectivity index (χ1v) is 13.9. The van der Waals surface area contributed by atoms with Gasteiger partial charge in [0.2, 0.25) is 5.89 Å². The minimum Gasteiger partial charge on any atom is -0.416 e. The van der Waals surface area contributed by atoms with Gasteiger partial charge in [0.1, 0.15) is 5.69 Å². The number of rotatable bonds is 5. The van der Waals surface area contributed by atoms with Crippen LogP contribution >= 0.6 is 0 Å². The van der Waals surface area contributed by atoms with Gasteiger partial charge in [-0.3, -0.25) is 9.48 Å². The molecule has 0 radical (unpaired) electrons. The summed E-state index contributed by atoms with van der Waals surface area (Å²) in [6.45, 7) is 8.04.